The summed E-state index contributed by atoms with van der Waals surface area (Å²) >= 11 is 0. The first-order valence-electron chi connectivity index (χ1n) is 9.90. The maximum Gasteiger partial charge on any atom is 0.140 e. The Balaban J connectivity index is 1.44. The van der Waals surface area contributed by atoms with Gasteiger partial charge in [0.05, 0.1) is 11.9 Å². The highest BCUT2D eigenvalue weighted by Crippen LogP contribution is 2.49. The van der Waals surface area contributed by atoms with Gasteiger partial charge in [-0.25, -0.2) is 0 Å². The van der Waals surface area contributed by atoms with Gasteiger partial charge in [-0.05, 0) is 24.6 Å². The minimum atomic E-state index is -0.246. The molecule has 4 heteroatoms. The van der Waals surface area contributed by atoms with Gasteiger partial charge in [0.2, 0.25) is 0 Å². The highest BCUT2D eigenvalue weighted by molar-refractivity contribution is 5.73. The summed E-state index contributed by atoms with van der Waals surface area (Å²) in [6.45, 7) is 6.11. The number of piperidine rings is 1. The van der Waals surface area contributed by atoms with E-state index in [1.165, 1.54) is 22.4 Å². The summed E-state index contributed by atoms with van der Waals surface area (Å²) in [6, 6.07) is 19.1. The Morgan fingerprint density at radius 2 is 1.74 bits per heavy atom. The fraction of sp³-hybridized carbons (Fsp3) is 0.348. The van der Waals surface area contributed by atoms with Gasteiger partial charge in [0.1, 0.15) is 11.4 Å². The van der Waals surface area contributed by atoms with Gasteiger partial charge in [0.25, 0.3) is 0 Å². The van der Waals surface area contributed by atoms with Gasteiger partial charge in [-0.1, -0.05) is 42.5 Å². The largest absolute Gasteiger partial charge is 0.482 e. The maximum atomic E-state index is 6.66. The molecule has 2 aliphatic rings. The van der Waals surface area contributed by atoms with Gasteiger partial charge in [0, 0.05) is 50.1 Å². The third kappa shape index (κ3) is 2.76. The van der Waals surface area contributed by atoms with E-state index in [9.17, 15) is 0 Å². The van der Waals surface area contributed by atoms with Crippen molar-refractivity contribution < 1.29 is 4.74 Å². The summed E-state index contributed by atoms with van der Waals surface area (Å²) in [5.74, 6) is 0.997. The predicted molar refractivity (Wildman–Crippen MR) is 107 cm³/mol. The van der Waals surface area contributed by atoms with Crippen LogP contribution in [-0.2, 0) is 18.7 Å². The van der Waals surface area contributed by atoms with Crippen LogP contribution in [0.25, 0.3) is 11.3 Å². The molecule has 27 heavy (non-hydrogen) atoms. The van der Waals surface area contributed by atoms with E-state index >= 15 is 0 Å². The second-order valence-corrected chi connectivity index (χ2v) is 7.58. The Morgan fingerprint density at radius 3 is 2.52 bits per heavy atom. The number of aromatic nitrogens is 2. The molecule has 5 rings (SSSR count). The highest BCUT2D eigenvalue weighted by atomic mass is 16.5. The molecular formula is C23H25N3O. The molecular weight excluding hydrogens is 334 g/mol. The van der Waals surface area contributed by atoms with Crippen molar-refractivity contribution in [1.29, 1.82) is 0 Å². The molecule has 138 valence electrons. The first-order valence-corrected chi connectivity index (χ1v) is 9.90. The summed E-state index contributed by atoms with van der Waals surface area (Å²) in [6.07, 6.45) is 4.04. The van der Waals surface area contributed by atoms with Crippen molar-refractivity contribution >= 4 is 0 Å². The number of para-hydroxylation sites is 1. The van der Waals surface area contributed by atoms with E-state index in [0.717, 1.165) is 44.8 Å². The number of ether oxygens (including phenoxy) is 1. The molecule has 0 atom stereocenters. The van der Waals surface area contributed by atoms with E-state index in [4.69, 9.17) is 4.74 Å². The molecule has 1 spiro atoms. The standard InChI is InChI=1S/C23H25N3O/c1-2-26-22-19-10-6-7-11-21(19)27-23(20(22)16-24-26)12-14-25(15-13-23)17-18-8-4-3-5-9-18/h3-11,16H,2,12-15,17H2,1H3. The Hall–Kier alpha value is -2.59. The second-order valence-electron chi connectivity index (χ2n) is 7.58. The number of rotatable bonds is 3. The monoisotopic (exact) mass is 359 g/mol. The molecule has 4 nitrogen and oxygen atoms in total. The molecule has 1 saturated heterocycles. The van der Waals surface area contributed by atoms with E-state index in [-0.39, 0.29) is 5.60 Å². The van der Waals surface area contributed by atoms with Crippen LogP contribution in [-0.4, -0.2) is 27.8 Å². The topological polar surface area (TPSA) is 30.3 Å². The molecule has 0 aliphatic carbocycles. The first-order chi connectivity index (χ1) is 13.3. The molecule has 0 bridgehead atoms. The number of aryl methyl sites for hydroxylation is 1. The molecule has 0 unspecified atom stereocenters. The van der Waals surface area contributed by atoms with E-state index in [2.05, 4.69) is 76.2 Å². The zero-order valence-corrected chi connectivity index (χ0v) is 15.8. The van der Waals surface area contributed by atoms with Crippen molar-refractivity contribution in [2.24, 2.45) is 0 Å². The lowest BCUT2D eigenvalue weighted by Crippen LogP contribution is -2.47. The number of benzene rings is 2. The highest BCUT2D eigenvalue weighted by Gasteiger charge is 2.45. The molecule has 3 heterocycles. The molecule has 2 aromatic carbocycles. The molecule has 0 amide bonds. The number of hydrogen-bond acceptors (Lipinski definition) is 3. The lowest BCUT2D eigenvalue weighted by molar-refractivity contribution is -0.00694. The Morgan fingerprint density at radius 1 is 1.00 bits per heavy atom. The summed E-state index contributed by atoms with van der Waals surface area (Å²) in [7, 11) is 0. The number of hydrogen-bond donors (Lipinski definition) is 0. The fourth-order valence-electron chi connectivity index (χ4n) is 4.54. The van der Waals surface area contributed by atoms with Gasteiger partial charge in [-0.15, -0.1) is 0 Å². The van der Waals surface area contributed by atoms with Crippen LogP contribution in [0.4, 0.5) is 0 Å². The fourth-order valence-corrected chi connectivity index (χ4v) is 4.54. The summed E-state index contributed by atoms with van der Waals surface area (Å²) < 4.78 is 8.78. The summed E-state index contributed by atoms with van der Waals surface area (Å²) in [4.78, 5) is 2.54. The Kier molecular flexibility index (Phi) is 4.01. The number of fused-ring (bicyclic) bond motifs is 4. The Labute approximate surface area is 160 Å². The molecule has 0 radical (unpaired) electrons. The van der Waals surface area contributed by atoms with Crippen LogP contribution in [0.1, 0.15) is 30.9 Å². The SMILES string of the molecule is CCn1ncc2c1-c1ccccc1OC21CCN(Cc2ccccc2)CC1. The quantitative estimate of drug-likeness (QED) is 0.692. The van der Waals surface area contributed by atoms with Crippen LogP contribution in [0.3, 0.4) is 0 Å². The Bertz CT molecular complexity index is 939. The smallest absolute Gasteiger partial charge is 0.140 e. The van der Waals surface area contributed by atoms with E-state index < -0.39 is 0 Å². The predicted octanol–water partition coefficient (Wildman–Crippen LogP) is 4.45. The first kappa shape index (κ1) is 16.6. The van der Waals surface area contributed by atoms with Crippen LogP contribution in [0.15, 0.2) is 60.8 Å². The van der Waals surface area contributed by atoms with Gasteiger partial charge in [-0.3, -0.25) is 9.58 Å². The maximum absolute atomic E-state index is 6.66. The van der Waals surface area contributed by atoms with Crippen molar-refractivity contribution in [1.82, 2.24) is 14.7 Å². The van der Waals surface area contributed by atoms with Crippen LogP contribution >= 0.6 is 0 Å². The van der Waals surface area contributed by atoms with Gasteiger partial charge < -0.3 is 4.74 Å². The van der Waals surface area contributed by atoms with Gasteiger partial charge in [-0.2, -0.15) is 5.10 Å². The molecule has 2 aliphatic heterocycles. The minimum Gasteiger partial charge on any atom is -0.482 e. The van der Waals surface area contributed by atoms with Crippen LogP contribution in [0.2, 0.25) is 0 Å². The zero-order chi connectivity index (χ0) is 18.3. The number of nitrogens with zero attached hydrogens (tertiary/aromatic N) is 3. The zero-order valence-electron chi connectivity index (χ0n) is 15.8. The van der Waals surface area contributed by atoms with Crippen LogP contribution in [0, 0.1) is 0 Å². The average Bonchev–Trinajstić information content (AvgIpc) is 3.16. The lowest BCUT2D eigenvalue weighted by Gasteiger charge is -2.44. The lowest BCUT2D eigenvalue weighted by atomic mass is 9.81. The van der Waals surface area contributed by atoms with Crippen molar-refractivity contribution in [2.75, 3.05) is 13.1 Å². The van der Waals surface area contributed by atoms with Crippen molar-refractivity contribution in [3.8, 4) is 17.0 Å². The molecule has 0 saturated carbocycles. The van der Waals surface area contributed by atoms with Crippen LogP contribution < -0.4 is 4.74 Å². The molecule has 1 fully saturated rings. The van der Waals surface area contributed by atoms with Crippen molar-refractivity contribution in [3.05, 3.63) is 71.9 Å². The third-order valence-corrected chi connectivity index (χ3v) is 5.99. The summed E-state index contributed by atoms with van der Waals surface area (Å²) in [5, 5.41) is 4.67. The minimum absolute atomic E-state index is 0.246. The van der Waals surface area contributed by atoms with Crippen molar-refractivity contribution in [3.63, 3.8) is 0 Å². The van der Waals surface area contributed by atoms with Gasteiger partial charge in [0.15, 0.2) is 0 Å². The summed E-state index contributed by atoms with van der Waals surface area (Å²) in [5.41, 5.74) is 4.81. The normalized spacial score (nSPS) is 18.0. The van der Waals surface area contributed by atoms with Crippen molar-refractivity contribution in [2.45, 2.75) is 38.5 Å². The molecule has 0 N–H and O–H groups in total. The van der Waals surface area contributed by atoms with E-state index in [1.807, 2.05) is 6.20 Å². The number of likely N-dealkylation sites (tertiary alicyclic amines) is 1. The molecule has 3 aromatic rings. The second kappa shape index (κ2) is 6.54. The van der Waals surface area contributed by atoms with E-state index in [0.29, 0.717) is 0 Å². The van der Waals surface area contributed by atoms with Crippen LogP contribution in [0.5, 0.6) is 5.75 Å². The van der Waals surface area contributed by atoms with E-state index in [1.54, 1.807) is 0 Å². The van der Waals surface area contributed by atoms with Gasteiger partial charge >= 0.3 is 0 Å². The molecule has 1 aromatic heterocycles. The third-order valence-electron chi connectivity index (χ3n) is 5.99. The average molecular weight is 359 g/mol.